The molecule has 9 nitrogen and oxygen atoms in total. The Hall–Kier alpha value is -3.68. The van der Waals surface area contributed by atoms with Crippen molar-refractivity contribution >= 4 is 68.6 Å². The van der Waals surface area contributed by atoms with Gasteiger partial charge in [-0.3, -0.25) is 14.4 Å². The summed E-state index contributed by atoms with van der Waals surface area (Å²) in [6.45, 7) is 7.26. The zero-order chi connectivity index (χ0) is 32.3. The third-order valence-corrected chi connectivity index (χ3v) is 7.04. The Kier molecular flexibility index (Phi) is 13.4. The van der Waals surface area contributed by atoms with Crippen molar-refractivity contribution in [3.63, 3.8) is 0 Å². The third-order valence-electron chi connectivity index (χ3n) is 6.22. The average molecular weight is 687 g/mol. The minimum Gasteiger partial charge on any atom is -0.340 e. The molecule has 2 aromatic carbocycles. The van der Waals surface area contributed by atoms with E-state index >= 15 is 0 Å². The Bertz CT molecular complexity index is 1460. The fourth-order valence-electron chi connectivity index (χ4n) is 3.93. The zero-order valence-corrected chi connectivity index (χ0v) is 26.1. The van der Waals surface area contributed by atoms with Crippen LogP contribution in [0.15, 0.2) is 59.7 Å². The van der Waals surface area contributed by atoms with Crippen LogP contribution in [-0.2, 0) is 31.9 Å². The summed E-state index contributed by atoms with van der Waals surface area (Å²) in [5, 5.41) is 6.08. The van der Waals surface area contributed by atoms with Gasteiger partial charge >= 0.3 is 6.18 Å². The van der Waals surface area contributed by atoms with Crippen LogP contribution in [0.3, 0.4) is 0 Å². The number of hydrogen-bond acceptors (Lipinski definition) is 5. The van der Waals surface area contributed by atoms with E-state index in [4.69, 9.17) is 11.6 Å². The van der Waals surface area contributed by atoms with Crippen molar-refractivity contribution < 1.29 is 32.3 Å². The SMILES string of the molecule is C=CC(=O)N1CC(NC)C1.CN(C=O)CC(=O)Nc1ccc(Cl)c(C(F)(F)F)c1.Cc1cn(CC=O)c2ccc(Br)cc12. The van der Waals surface area contributed by atoms with Crippen LogP contribution in [0, 0.1) is 6.92 Å². The van der Waals surface area contributed by atoms with Gasteiger partial charge in [0.15, 0.2) is 0 Å². The van der Waals surface area contributed by atoms with Crippen molar-refractivity contribution in [1.29, 1.82) is 0 Å². The highest BCUT2D eigenvalue weighted by atomic mass is 79.9. The summed E-state index contributed by atoms with van der Waals surface area (Å²) in [6.07, 6.45) is 0.109. The van der Waals surface area contributed by atoms with Gasteiger partial charge < -0.3 is 29.8 Å². The second-order valence-electron chi connectivity index (χ2n) is 9.49. The molecule has 1 saturated heterocycles. The predicted molar refractivity (Wildman–Crippen MR) is 164 cm³/mol. The van der Waals surface area contributed by atoms with Gasteiger partial charge in [0.05, 0.1) is 23.7 Å². The van der Waals surface area contributed by atoms with Crippen LogP contribution in [0.2, 0.25) is 5.02 Å². The lowest BCUT2D eigenvalue weighted by Gasteiger charge is -2.38. The van der Waals surface area contributed by atoms with E-state index in [9.17, 15) is 32.3 Å². The maximum Gasteiger partial charge on any atom is 0.417 e. The van der Waals surface area contributed by atoms with Crippen molar-refractivity contribution in [1.82, 2.24) is 19.7 Å². The van der Waals surface area contributed by atoms with E-state index in [0.29, 0.717) is 19.0 Å². The van der Waals surface area contributed by atoms with Gasteiger partial charge in [-0.1, -0.05) is 34.1 Å². The molecule has 0 unspecified atom stereocenters. The molecule has 43 heavy (non-hydrogen) atoms. The summed E-state index contributed by atoms with van der Waals surface area (Å²) in [7, 11) is 3.27. The molecule has 1 fully saturated rings. The first-order valence-corrected chi connectivity index (χ1v) is 14.0. The fourth-order valence-corrected chi connectivity index (χ4v) is 4.52. The van der Waals surface area contributed by atoms with E-state index in [1.165, 1.54) is 30.1 Å². The molecule has 0 spiro atoms. The molecule has 232 valence electrons. The number of rotatable bonds is 8. The molecule has 0 aliphatic carbocycles. The molecule has 1 aliphatic rings. The van der Waals surface area contributed by atoms with E-state index in [1.54, 1.807) is 4.90 Å². The van der Waals surface area contributed by atoms with Crippen LogP contribution in [0.1, 0.15) is 11.1 Å². The number of halogens is 5. The summed E-state index contributed by atoms with van der Waals surface area (Å²) >= 11 is 8.87. The molecule has 1 aromatic heterocycles. The molecule has 3 amide bonds. The number of aldehydes is 1. The van der Waals surface area contributed by atoms with E-state index in [-0.39, 0.29) is 18.1 Å². The van der Waals surface area contributed by atoms with Gasteiger partial charge in [0.2, 0.25) is 18.2 Å². The number of carbonyl (C=O) groups is 4. The lowest BCUT2D eigenvalue weighted by atomic mass is 10.1. The second kappa shape index (κ2) is 16.2. The maximum atomic E-state index is 12.6. The Morgan fingerprint density at radius 1 is 1.19 bits per heavy atom. The molecule has 0 radical (unpaired) electrons. The summed E-state index contributed by atoms with van der Waals surface area (Å²) in [6, 6.07) is 9.61. The highest BCUT2D eigenvalue weighted by Crippen LogP contribution is 2.36. The second-order valence-corrected chi connectivity index (χ2v) is 10.8. The van der Waals surface area contributed by atoms with Gasteiger partial charge in [-0.05, 0) is 62.0 Å². The Morgan fingerprint density at radius 2 is 1.86 bits per heavy atom. The van der Waals surface area contributed by atoms with Crippen LogP contribution in [-0.4, -0.2) is 78.6 Å². The normalized spacial score (nSPS) is 12.6. The summed E-state index contributed by atoms with van der Waals surface area (Å²) in [4.78, 5) is 45.8. The number of benzene rings is 2. The molecular formula is C29H32BrClF3N5O4. The predicted octanol–water partition coefficient (Wildman–Crippen LogP) is 4.90. The number of amides is 3. The number of likely N-dealkylation sites (N-methyl/N-ethyl adjacent to an activating group) is 2. The molecule has 3 aromatic rings. The standard InChI is InChI=1S/C11H10BrNO.C11H10ClF3N2O2.C7H12N2O/c1-8-7-13(4-5-14)11-3-2-9(12)6-10(8)11;1-17(6-18)5-10(19)16-7-2-3-9(12)8(4-7)11(13,14)15;1-3-7(10)9-4-6(5-9)8-2/h2-3,5-7H,4H2,1H3;2-4,6H,5H2,1H3,(H,16,19);3,6,8H,1,4-5H2,2H3. The molecule has 0 saturated carbocycles. The highest BCUT2D eigenvalue weighted by molar-refractivity contribution is 9.10. The number of nitrogens with one attached hydrogen (secondary N) is 2. The van der Waals surface area contributed by atoms with Gasteiger partial charge in [-0.25, -0.2) is 0 Å². The van der Waals surface area contributed by atoms with Crippen LogP contribution in [0.25, 0.3) is 10.9 Å². The number of fused-ring (bicyclic) bond motifs is 1. The van der Waals surface area contributed by atoms with E-state index in [2.05, 4.69) is 46.1 Å². The van der Waals surface area contributed by atoms with E-state index in [1.807, 2.05) is 29.9 Å². The highest BCUT2D eigenvalue weighted by Gasteiger charge is 2.33. The lowest BCUT2D eigenvalue weighted by molar-refractivity contribution is -0.137. The van der Waals surface area contributed by atoms with Crippen LogP contribution in [0.5, 0.6) is 0 Å². The van der Waals surface area contributed by atoms with Crippen molar-refractivity contribution in [2.75, 3.05) is 39.0 Å². The number of nitrogens with zero attached hydrogens (tertiary/aromatic N) is 3. The van der Waals surface area contributed by atoms with Crippen molar-refractivity contribution in [3.8, 4) is 0 Å². The molecule has 1 aliphatic heterocycles. The number of carbonyl (C=O) groups excluding carboxylic acids is 4. The molecule has 14 heteroatoms. The van der Waals surface area contributed by atoms with Gasteiger partial charge in [-0.2, -0.15) is 13.2 Å². The lowest BCUT2D eigenvalue weighted by Crippen LogP contribution is -2.58. The Labute approximate surface area is 260 Å². The molecule has 4 rings (SSSR count). The van der Waals surface area contributed by atoms with Crippen LogP contribution in [0.4, 0.5) is 18.9 Å². The van der Waals surface area contributed by atoms with Crippen molar-refractivity contribution in [2.24, 2.45) is 0 Å². The Morgan fingerprint density at radius 3 is 2.42 bits per heavy atom. The molecule has 0 atom stereocenters. The Balaban J connectivity index is 0.000000236. The van der Waals surface area contributed by atoms with Gasteiger partial charge in [-0.15, -0.1) is 0 Å². The zero-order valence-electron chi connectivity index (χ0n) is 23.8. The first-order valence-electron chi connectivity index (χ1n) is 12.8. The summed E-state index contributed by atoms with van der Waals surface area (Å²) in [5.41, 5.74) is 1.23. The van der Waals surface area contributed by atoms with Gasteiger partial charge in [0.25, 0.3) is 0 Å². The topological polar surface area (TPSA) is 104 Å². The summed E-state index contributed by atoms with van der Waals surface area (Å²) in [5.74, 6) is -0.573. The molecule has 2 heterocycles. The number of aryl methyl sites for hydroxylation is 1. The number of alkyl halides is 3. The van der Waals surface area contributed by atoms with E-state index < -0.39 is 22.7 Å². The monoisotopic (exact) mass is 685 g/mol. The molecular weight excluding hydrogens is 655 g/mol. The van der Waals surface area contributed by atoms with Crippen molar-refractivity contribution in [2.45, 2.75) is 25.7 Å². The minimum absolute atomic E-state index is 0.0338. The molecule has 0 bridgehead atoms. The first kappa shape index (κ1) is 35.5. The number of aromatic nitrogens is 1. The van der Waals surface area contributed by atoms with Crippen LogP contribution >= 0.6 is 27.5 Å². The van der Waals surface area contributed by atoms with Gasteiger partial charge in [0.1, 0.15) is 6.29 Å². The largest absolute Gasteiger partial charge is 0.417 e. The van der Waals surface area contributed by atoms with E-state index in [0.717, 1.165) is 46.4 Å². The molecule has 2 N–H and O–H groups in total. The smallest absolute Gasteiger partial charge is 0.340 e. The minimum atomic E-state index is -4.60. The van der Waals surface area contributed by atoms with Gasteiger partial charge in [0, 0.05) is 53.4 Å². The quantitative estimate of drug-likeness (QED) is 0.259. The number of hydrogen-bond donors (Lipinski definition) is 2. The third kappa shape index (κ3) is 10.5. The first-order chi connectivity index (χ1) is 20.2. The maximum absolute atomic E-state index is 12.6. The van der Waals surface area contributed by atoms with Crippen LogP contribution < -0.4 is 10.6 Å². The summed E-state index contributed by atoms with van der Waals surface area (Å²) < 4.78 is 40.8. The average Bonchev–Trinajstić information content (AvgIpc) is 3.23. The van der Waals surface area contributed by atoms with Crippen molar-refractivity contribution in [3.05, 3.63) is 75.9 Å². The number of anilines is 1. The fraction of sp³-hybridized carbons (Fsp3) is 0.310. The number of likely N-dealkylation sites (tertiary alicyclic amines) is 1.